The van der Waals surface area contributed by atoms with Gasteiger partial charge in [-0.3, -0.25) is 63.2 Å². The first-order valence-corrected chi connectivity index (χ1v) is 24.9. The van der Waals surface area contributed by atoms with Crippen molar-refractivity contribution in [2.24, 2.45) is 44.4 Å². The molecule has 29 heteroatoms. The van der Waals surface area contributed by atoms with E-state index in [0.717, 1.165) is 10.9 Å². The Balaban J connectivity index is 1.79. The van der Waals surface area contributed by atoms with E-state index in [4.69, 9.17) is 34.4 Å². The van der Waals surface area contributed by atoms with Gasteiger partial charge in [0, 0.05) is 75.1 Å². The van der Waals surface area contributed by atoms with Crippen molar-refractivity contribution in [1.29, 1.82) is 0 Å². The highest BCUT2D eigenvalue weighted by Gasteiger charge is 2.35. The number of nitrogens with one attached hydrogen (secondary N) is 9. The van der Waals surface area contributed by atoms with Gasteiger partial charge in [-0.15, -0.1) is 0 Å². The lowest BCUT2D eigenvalue weighted by Gasteiger charge is -2.28. The van der Waals surface area contributed by atoms with Crippen LogP contribution in [0.2, 0.25) is 0 Å². The molecule has 2 aromatic carbocycles. The first-order chi connectivity index (χ1) is 36.6. The van der Waals surface area contributed by atoms with Crippen LogP contribution in [0.4, 0.5) is 5.69 Å². The minimum atomic E-state index is -1.58. The topological polar surface area (TPSA) is 490 Å². The Labute approximate surface area is 442 Å². The minimum absolute atomic E-state index is 0.000179. The molecule has 3 aromatic rings. The standard InChI is InChI=1S/C48H70N18O11/c1-26(67)59-33(10-5-21-56-47(51)52)41(70)62-35-16-17-39(68)55-20-4-9-32(40(50)69)60-46(75)38(24-28-25-58-31-8-3-2-7-30(28)31)65-42(71)34(11-6-22-57-48(53)54)61-45(74)37(23-27-12-14-29(15-13-27)66(76)77)64-44(73)36(18-19-49)63-43(35)72/h2-3,7-8,12-15,25,32-38,58H,4-6,9-11,16-24,49H2,1H3,(H2,50,69)(H,55,68)(H,59,67)(H,60,75)(H,61,74)(H,62,70)(H,63,72)(H,64,73)(H,65,71)(H4,51,52,56)(H4,53,54,57)/t32-,33-,34-,35-,36-,37+,38-/m0/s1. The maximum absolute atomic E-state index is 14.6. The molecule has 1 aliphatic rings. The average Bonchev–Trinajstić information content (AvgIpc) is 3.78. The molecule has 1 saturated heterocycles. The molecule has 1 aromatic heterocycles. The van der Waals surface area contributed by atoms with Crippen molar-refractivity contribution in [2.75, 3.05) is 26.2 Å². The fourth-order valence-electron chi connectivity index (χ4n) is 8.24. The molecule has 0 aliphatic carbocycles. The molecule has 29 nitrogen and oxygen atoms in total. The maximum atomic E-state index is 14.6. The third-order valence-electron chi connectivity index (χ3n) is 12.2. The number of fused-ring (bicyclic) bond motifs is 1. The summed E-state index contributed by atoms with van der Waals surface area (Å²) in [6.07, 6.45) is 0.457. The lowest BCUT2D eigenvalue weighted by atomic mass is 10.0. The molecule has 0 saturated carbocycles. The molecule has 0 unspecified atom stereocenters. The Morgan fingerprint density at radius 1 is 0.740 bits per heavy atom. The fraction of sp³-hybridized carbons (Fsp3) is 0.479. The SMILES string of the molecule is CC(=O)N[C@@H](CCCN=C(N)N)C(=O)N[C@H]1CCC(=O)NCCC[C@@H](C(N)=O)NC(=O)[C@H](Cc2c[nH]c3ccccc23)NC(=O)[C@H](CCCN=C(N)N)NC(=O)[C@@H](Cc2ccc([N+](=O)[O-])cc2)NC(=O)[C@H](CCN)NC1=O. The van der Waals surface area contributed by atoms with E-state index in [-0.39, 0.29) is 114 Å². The number of hydrogen-bond donors (Lipinski definition) is 15. The molecule has 0 spiro atoms. The lowest BCUT2D eigenvalue weighted by Crippen LogP contribution is -2.60. The first kappa shape index (κ1) is 60.7. The molecule has 21 N–H and O–H groups in total. The van der Waals surface area contributed by atoms with Gasteiger partial charge < -0.3 is 81.9 Å². The number of guanidine groups is 2. The summed E-state index contributed by atoms with van der Waals surface area (Å²) in [5.74, 6) is -7.97. The van der Waals surface area contributed by atoms with Gasteiger partial charge in [0.2, 0.25) is 53.2 Å². The van der Waals surface area contributed by atoms with Gasteiger partial charge in [0.15, 0.2) is 11.9 Å². The van der Waals surface area contributed by atoms with Gasteiger partial charge in [0.05, 0.1) is 4.92 Å². The van der Waals surface area contributed by atoms with Crippen LogP contribution in [0.3, 0.4) is 0 Å². The zero-order chi connectivity index (χ0) is 56.6. The molecule has 1 fully saturated rings. The van der Waals surface area contributed by atoms with E-state index in [1.54, 1.807) is 24.4 Å². The summed E-state index contributed by atoms with van der Waals surface area (Å²) in [7, 11) is 0. The number of H-pyrrole nitrogens is 1. The van der Waals surface area contributed by atoms with Crippen molar-refractivity contribution in [1.82, 2.24) is 47.5 Å². The van der Waals surface area contributed by atoms with Crippen molar-refractivity contribution < 1.29 is 48.1 Å². The number of benzene rings is 2. The Morgan fingerprint density at radius 2 is 1.32 bits per heavy atom. The van der Waals surface area contributed by atoms with Crippen LogP contribution in [-0.2, 0) is 56.0 Å². The van der Waals surface area contributed by atoms with E-state index in [1.807, 2.05) is 6.07 Å². The number of nitro benzene ring substituents is 1. The van der Waals surface area contributed by atoms with E-state index in [9.17, 15) is 53.3 Å². The molecule has 0 bridgehead atoms. The number of nitro groups is 1. The Hall–Kier alpha value is -8.89. The van der Waals surface area contributed by atoms with Crippen LogP contribution in [0.15, 0.2) is 64.7 Å². The van der Waals surface area contributed by atoms with Crippen LogP contribution in [-0.4, -0.2) is 143 Å². The number of amides is 9. The number of carbonyl (C=O) groups is 9. The quantitative estimate of drug-likeness (QED) is 0.0178. The van der Waals surface area contributed by atoms with Gasteiger partial charge in [-0.25, -0.2) is 0 Å². The smallest absolute Gasteiger partial charge is 0.269 e. The summed E-state index contributed by atoms with van der Waals surface area (Å²) in [6, 6.07) is 2.29. The number of rotatable bonds is 19. The van der Waals surface area contributed by atoms with Crippen LogP contribution in [0.5, 0.6) is 0 Å². The van der Waals surface area contributed by atoms with Crippen molar-refractivity contribution in [3.05, 3.63) is 76.0 Å². The van der Waals surface area contributed by atoms with Gasteiger partial charge in [-0.05, 0) is 75.1 Å². The Morgan fingerprint density at radius 3 is 1.95 bits per heavy atom. The maximum Gasteiger partial charge on any atom is 0.269 e. The Kier molecular flexibility index (Phi) is 24.0. The highest BCUT2D eigenvalue weighted by molar-refractivity contribution is 5.98. The van der Waals surface area contributed by atoms with Crippen molar-refractivity contribution in [3.8, 4) is 0 Å². The van der Waals surface area contributed by atoms with Gasteiger partial charge in [0.1, 0.15) is 42.3 Å². The van der Waals surface area contributed by atoms with Crippen molar-refractivity contribution in [2.45, 2.75) is 120 Å². The summed E-state index contributed by atoms with van der Waals surface area (Å²) in [4.78, 5) is 146. The van der Waals surface area contributed by atoms with Crippen LogP contribution in [0.25, 0.3) is 10.9 Å². The summed E-state index contributed by atoms with van der Waals surface area (Å²) in [6.45, 7) is 1.04. The van der Waals surface area contributed by atoms with Crippen LogP contribution in [0.1, 0.15) is 75.8 Å². The number of non-ortho nitro benzene ring substituents is 1. The second-order valence-electron chi connectivity index (χ2n) is 18.2. The first-order valence-electron chi connectivity index (χ1n) is 24.9. The van der Waals surface area contributed by atoms with E-state index in [1.165, 1.54) is 31.2 Å². The zero-order valence-corrected chi connectivity index (χ0v) is 42.6. The zero-order valence-electron chi connectivity index (χ0n) is 42.6. The van der Waals surface area contributed by atoms with Crippen LogP contribution >= 0.6 is 0 Å². The van der Waals surface area contributed by atoms with Crippen molar-refractivity contribution >= 4 is 81.7 Å². The van der Waals surface area contributed by atoms with Crippen molar-refractivity contribution in [3.63, 3.8) is 0 Å². The molecule has 418 valence electrons. The molecule has 9 amide bonds. The number of nitrogens with two attached hydrogens (primary N) is 6. The molecular weight excluding hydrogens is 1000 g/mol. The second-order valence-corrected chi connectivity index (χ2v) is 18.2. The van der Waals surface area contributed by atoms with Gasteiger partial charge in [-0.2, -0.15) is 0 Å². The predicted molar refractivity (Wildman–Crippen MR) is 282 cm³/mol. The summed E-state index contributed by atoms with van der Waals surface area (Å²) < 4.78 is 0. The summed E-state index contributed by atoms with van der Waals surface area (Å²) in [5, 5.41) is 33.2. The Bertz CT molecular complexity index is 2630. The highest BCUT2D eigenvalue weighted by atomic mass is 16.6. The normalized spacial score (nSPS) is 20.8. The molecule has 0 radical (unpaired) electrons. The third kappa shape index (κ3) is 20.4. The van der Waals surface area contributed by atoms with Gasteiger partial charge in [0.25, 0.3) is 5.69 Å². The molecule has 77 heavy (non-hydrogen) atoms. The van der Waals surface area contributed by atoms with Gasteiger partial charge in [-0.1, -0.05) is 30.3 Å². The number of hydrogen-bond acceptors (Lipinski definition) is 14. The van der Waals surface area contributed by atoms with E-state index in [0.29, 0.717) is 11.1 Å². The van der Waals surface area contributed by atoms with E-state index >= 15 is 0 Å². The van der Waals surface area contributed by atoms with Gasteiger partial charge >= 0.3 is 0 Å². The fourth-order valence-corrected chi connectivity index (χ4v) is 8.24. The van der Waals surface area contributed by atoms with Crippen LogP contribution < -0.4 is 76.9 Å². The number of aliphatic imine (C=N–C) groups is 2. The molecular formula is C48H70N18O11. The average molecular weight is 1080 g/mol. The number of aromatic nitrogens is 1. The lowest BCUT2D eigenvalue weighted by molar-refractivity contribution is -0.384. The third-order valence-corrected chi connectivity index (χ3v) is 12.2. The van der Waals surface area contributed by atoms with E-state index in [2.05, 4.69) is 57.5 Å². The predicted octanol–water partition coefficient (Wildman–Crippen LogP) is -4.09. The number of aromatic amines is 1. The minimum Gasteiger partial charge on any atom is -0.370 e. The number of primary amides is 1. The molecule has 4 rings (SSSR count). The molecule has 7 atom stereocenters. The highest BCUT2D eigenvalue weighted by Crippen LogP contribution is 2.20. The largest absolute Gasteiger partial charge is 0.370 e. The second kappa shape index (κ2) is 30.5. The summed E-state index contributed by atoms with van der Waals surface area (Å²) in [5.41, 5.74) is 35.0. The number of nitrogens with zero attached hydrogens (tertiary/aromatic N) is 3. The number of carbonyl (C=O) groups excluding carboxylic acids is 9. The van der Waals surface area contributed by atoms with Crippen LogP contribution in [0, 0.1) is 10.1 Å². The van der Waals surface area contributed by atoms with E-state index < -0.39 is 100 Å². The monoisotopic (exact) mass is 1070 g/mol. The number of para-hydroxylation sites is 1. The molecule has 1 aliphatic heterocycles. The molecule has 2 heterocycles. The summed E-state index contributed by atoms with van der Waals surface area (Å²) >= 11 is 0.